The van der Waals surface area contributed by atoms with Crippen LogP contribution in [0.2, 0.25) is 0 Å². The van der Waals surface area contributed by atoms with E-state index < -0.39 is 0 Å². The normalized spacial score (nSPS) is 13.8. The molecule has 0 spiro atoms. The second-order valence-electron chi connectivity index (χ2n) is 8.40. The van der Waals surface area contributed by atoms with Gasteiger partial charge in [0.05, 0.1) is 35.5 Å². The smallest absolute Gasteiger partial charge is 0.210 e. The van der Waals surface area contributed by atoms with E-state index in [4.69, 9.17) is 4.74 Å². The maximum atomic E-state index is 13.6. The molecule has 35 heavy (non-hydrogen) atoms. The minimum absolute atomic E-state index is 0.156. The summed E-state index contributed by atoms with van der Waals surface area (Å²) in [6.07, 6.45) is 4.87. The van der Waals surface area contributed by atoms with Gasteiger partial charge in [-0.05, 0) is 12.5 Å². The molecule has 9 nitrogen and oxygen atoms in total. The van der Waals surface area contributed by atoms with Gasteiger partial charge in [-0.3, -0.25) is 4.79 Å². The first-order chi connectivity index (χ1) is 17.0. The van der Waals surface area contributed by atoms with Crippen molar-refractivity contribution >= 4 is 22.4 Å². The summed E-state index contributed by atoms with van der Waals surface area (Å²) in [6.45, 7) is 13.1. The first-order valence-electron chi connectivity index (χ1n) is 11.4. The van der Waals surface area contributed by atoms with Gasteiger partial charge in [-0.15, -0.1) is 0 Å². The minimum Gasteiger partial charge on any atom is -0.494 e. The Bertz CT molecular complexity index is 1410. The zero-order chi connectivity index (χ0) is 24.5. The zero-order valence-electron chi connectivity index (χ0n) is 19.9. The minimum atomic E-state index is -0.156. The number of nitrogens with one attached hydrogen (secondary N) is 1. The number of Topliss-reactive ketones (excluding diaryl/α,β-unsaturated/α-hetero) is 1. The number of aryl methyl sites for hydroxylation is 1. The lowest BCUT2D eigenvalue weighted by Crippen LogP contribution is -2.45. The van der Waals surface area contributed by atoms with E-state index in [0.717, 1.165) is 24.4 Å². The van der Waals surface area contributed by atoms with Crippen LogP contribution in [0.3, 0.4) is 0 Å². The molecule has 0 atom stereocenters. The van der Waals surface area contributed by atoms with Gasteiger partial charge < -0.3 is 19.5 Å². The summed E-state index contributed by atoms with van der Waals surface area (Å²) < 4.78 is 7.12. The van der Waals surface area contributed by atoms with Crippen LogP contribution in [-0.4, -0.2) is 73.6 Å². The second kappa shape index (κ2) is 9.09. The van der Waals surface area contributed by atoms with Crippen molar-refractivity contribution in [3.05, 3.63) is 84.9 Å². The first-order valence-corrected chi connectivity index (χ1v) is 11.4. The van der Waals surface area contributed by atoms with E-state index >= 15 is 0 Å². The van der Waals surface area contributed by atoms with Crippen molar-refractivity contribution in [2.75, 3.05) is 33.3 Å². The largest absolute Gasteiger partial charge is 0.494 e. The number of aromatic nitrogens is 5. The highest BCUT2D eigenvalue weighted by Gasteiger charge is 2.27. The summed E-state index contributed by atoms with van der Waals surface area (Å²) in [4.78, 5) is 29.7. The fraction of sp³-hybridized carbons (Fsp3) is 0.231. The molecule has 1 fully saturated rings. The van der Waals surface area contributed by atoms with Crippen LogP contribution in [0.1, 0.15) is 21.7 Å². The van der Waals surface area contributed by atoms with Crippen LogP contribution in [0.15, 0.2) is 67.9 Å². The Morgan fingerprint density at radius 3 is 2.43 bits per heavy atom. The fourth-order valence-corrected chi connectivity index (χ4v) is 4.42. The summed E-state index contributed by atoms with van der Waals surface area (Å²) in [5, 5.41) is 5.00. The standard InChI is InChI=1S/C26H27N7O2/c1-17(20-8-6-5-7-9-20)31-10-12-32(13-11-31)18(2)25(34)21-14-27-24-23(21)22(35-4)15-28-26(24)33-16-29-19(3)30-33/h5-9,14-16,27H,1-2,10-13H2,3-4H3. The Morgan fingerprint density at radius 1 is 1.06 bits per heavy atom. The number of H-pyrrole nitrogens is 1. The molecular weight excluding hydrogens is 442 g/mol. The van der Waals surface area contributed by atoms with Gasteiger partial charge in [-0.2, -0.15) is 5.10 Å². The molecule has 1 N–H and O–H groups in total. The molecule has 0 radical (unpaired) electrons. The molecule has 0 unspecified atom stereocenters. The number of ether oxygens (including phenoxy) is 1. The number of methoxy groups -OCH3 is 1. The summed E-state index contributed by atoms with van der Waals surface area (Å²) in [6, 6.07) is 10.1. The van der Waals surface area contributed by atoms with Gasteiger partial charge in [-0.25, -0.2) is 14.6 Å². The number of allylic oxidation sites excluding steroid dienone is 1. The van der Waals surface area contributed by atoms with Crippen molar-refractivity contribution in [3.8, 4) is 11.6 Å². The third-order valence-corrected chi connectivity index (χ3v) is 6.35. The molecular formula is C26H27N7O2. The Balaban J connectivity index is 1.37. The molecule has 4 heterocycles. The maximum Gasteiger partial charge on any atom is 0.210 e. The molecule has 1 aliphatic heterocycles. The zero-order valence-corrected chi connectivity index (χ0v) is 19.9. The van der Waals surface area contributed by atoms with Gasteiger partial charge in [0.25, 0.3) is 0 Å². The van der Waals surface area contributed by atoms with Crippen LogP contribution >= 0.6 is 0 Å². The van der Waals surface area contributed by atoms with Crippen molar-refractivity contribution in [1.82, 2.24) is 34.5 Å². The van der Waals surface area contributed by atoms with Crippen molar-refractivity contribution < 1.29 is 9.53 Å². The van der Waals surface area contributed by atoms with E-state index in [-0.39, 0.29) is 5.78 Å². The van der Waals surface area contributed by atoms with Gasteiger partial charge in [0.1, 0.15) is 17.9 Å². The maximum absolute atomic E-state index is 13.6. The average molecular weight is 470 g/mol. The summed E-state index contributed by atoms with van der Waals surface area (Å²) in [5.41, 5.74) is 3.68. The van der Waals surface area contributed by atoms with E-state index in [1.807, 2.05) is 23.1 Å². The molecule has 0 saturated carbocycles. The van der Waals surface area contributed by atoms with Crippen LogP contribution in [0.4, 0.5) is 0 Å². The van der Waals surface area contributed by atoms with Gasteiger partial charge in [0.15, 0.2) is 5.82 Å². The fourth-order valence-electron chi connectivity index (χ4n) is 4.42. The highest BCUT2D eigenvalue weighted by Crippen LogP contribution is 2.33. The van der Waals surface area contributed by atoms with E-state index in [1.165, 1.54) is 0 Å². The highest BCUT2D eigenvalue weighted by molar-refractivity contribution is 6.17. The van der Waals surface area contributed by atoms with Crippen LogP contribution < -0.4 is 4.74 Å². The number of rotatable bonds is 7. The van der Waals surface area contributed by atoms with E-state index in [2.05, 4.69) is 50.2 Å². The van der Waals surface area contributed by atoms with E-state index in [1.54, 1.807) is 37.4 Å². The number of carbonyl (C=O) groups excluding carboxylic acids is 1. The topological polar surface area (TPSA) is 92.2 Å². The number of hydrogen-bond acceptors (Lipinski definition) is 7. The van der Waals surface area contributed by atoms with Crippen molar-refractivity contribution in [2.24, 2.45) is 0 Å². The Kier molecular flexibility index (Phi) is 5.82. The lowest BCUT2D eigenvalue weighted by Gasteiger charge is -2.38. The second-order valence-corrected chi connectivity index (χ2v) is 8.40. The number of ketones is 1. The molecule has 5 rings (SSSR count). The number of carbonyl (C=O) groups is 1. The van der Waals surface area contributed by atoms with E-state index in [9.17, 15) is 4.79 Å². The van der Waals surface area contributed by atoms with Gasteiger partial charge in [0, 0.05) is 38.1 Å². The molecule has 3 aromatic heterocycles. The van der Waals surface area contributed by atoms with Crippen molar-refractivity contribution in [1.29, 1.82) is 0 Å². The summed E-state index contributed by atoms with van der Waals surface area (Å²) in [7, 11) is 1.56. The Labute approximate surface area is 203 Å². The lowest BCUT2D eigenvalue weighted by atomic mass is 10.1. The molecule has 1 aliphatic rings. The van der Waals surface area contributed by atoms with Crippen LogP contribution in [0.5, 0.6) is 5.75 Å². The highest BCUT2D eigenvalue weighted by atomic mass is 16.5. The molecule has 1 aromatic carbocycles. The predicted octanol–water partition coefficient (Wildman–Crippen LogP) is 3.45. The van der Waals surface area contributed by atoms with Crippen molar-refractivity contribution in [3.63, 3.8) is 0 Å². The monoisotopic (exact) mass is 469 g/mol. The molecule has 1 saturated heterocycles. The Morgan fingerprint density at radius 2 is 1.77 bits per heavy atom. The van der Waals surface area contributed by atoms with Crippen molar-refractivity contribution in [2.45, 2.75) is 6.92 Å². The molecule has 9 heteroatoms. The van der Waals surface area contributed by atoms with Crippen LogP contribution in [0, 0.1) is 6.92 Å². The number of fused-ring (bicyclic) bond motifs is 1. The van der Waals surface area contributed by atoms with Crippen LogP contribution in [-0.2, 0) is 0 Å². The molecule has 178 valence electrons. The van der Waals surface area contributed by atoms with Crippen LogP contribution in [0.25, 0.3) is 22.4 Å². The molecule has 0 bridgehead atoms. The van der Waals surface area contributed by atoms with Gasteiger partial charge in [0.2, 0.25) is 5.78 Å². The quantitative estimate of drug-likeness (QED) is 0.327. The number of hydrogen-bond donors (Lipinski definition) is 1. The average Bonchev–Trinajstić information content (AvgIpc) is 3.54. The van der Waals surface area contributed by atoms with Gasteiger partial charge >= 0.3 is 0 Å². The summed E-state index contributed by atoms with van der Waals surface area (Å²) >= 11 is 0. The summed E-state index contributed by atoms with van der Waals surface area (Å²) in [5.74, 6) is 1.51. The van der Waals surface area contributed by atoms with Gasteiger partial charge in [-0.1, -0.05) is 43.5 Å². The predicted molar refractivity (Wildman–Crippen MR) is 134 cm³/mol. The third-order valence-electron chi connectivity index (χ3n) is 6.35. The number of benzene rings is 1. The molecule has 0 aliphatic carbocycles. The number of aromatic amines is 1. The number of pyridine rings is 1. The lowest BCUT2D eigenvalue weighted by molar-refractivity contribution is 0.0974. The number of piperazine rings is 1. The van der Waals surface area contributed by atoms with E-state index in [0.29, 0.717) is 52.6 Å². The third kappa shape index (κ3) is 4.05. The SMILES string of the molecule is C=C(C(=O)c1c[nH]c2c(-n3cnc(C)n3)ncc(OC)c12)N1CCN(C(=C)c2ccccc2)CC1. The Hall–Kier alpha value is -4.40. The molecule has 0 amide bonds. The number of nitrogens with zero attached hydrogens (tertiary/aromatic N) is 6. The molecule has 4 aromatic rings. The first kappa shape index (κ1) is 22.4.